The minimum absolute atomic E-state index is 0.243. The van der Waals surface area contributed by atoms with Gasteiger partial charge in [-0.1, -0.05) is 35.9 Å². The van der Waals surface area contributed by atoms with Gasteiger partial charge in [-0.3, -0.25) is 4.79 Å². The molecule has 1 fully saturated rings. The van der Waals surface area contributed by atoms with Crippen LogP contribution in [0.3, 0.4) is 0 Å². The van der Waals surface area contributed by atoms with Gasteiger partial charge in [-0.15, -0.1) is 0 Å². The molecular formula is C20H21N3O. The van der Waals surface area contributed by atoms with Gasteiger partial charge in [-0.05, 0) is 31.9 Å². The molecule has 0 aliphatic carbocycles. The van der Waals surface area contributed by atoms with Crippen molar-refractivity contribution in [2.75, 3.05) is 6.54 Å². The summed E-state index contributed by atoms with van der Waals surface area (Å²) in [5, 5.41) is 0. The largest absolute Gasteiger partial charge is 0.337 e. The molecule has 24 heavy (non-hydrogen) atoms. The topological polar surface area (TPSA) is 37.6 Å². The monoisotopic (exact) mass is 319 g/mol. The van der Waals surface area contributed by atoms with E-state index in [1.165, 1.54) is 11.1 Å². The molecule has 122 valence electrons. The lowest BCUT2D eigenvalue weighted by Gasteiger charge is -2.16. The first-order chi connectivity index (χ1) is 11.6. The molecular weight excluding hydrogens is 298 g/mol. The smallest absolute Gasteiger partial charge is 0.222 e. The lowest BCUT2D eigenvalue weighted by atomic mass is 10.1. The molecule has 3 heterocycles. The second-order valence-electron chi connectivity index (χ2n) is 6.63. The Morgan fingerprint density at radius 3 is 2.50 bits per heavy atom. The third-order valence-electron chi connectivity index (χ3n) is 4.70. The number of likely N-dealkylation sites (tertiary alicyclic amines) is 1. The molecule has 2 aromatic heterocycles. The molecule has 4 nitrogen and oxygen atoms in total. The first-order valence-corrected chi connectivity index (χ1v) is 8.44. The first kappa shape index (κ1) is 14.9. The Kier molecular flexibility index (Phi) is 3.60. The summed E-state index contributed by atoms with van der Waals surface area (Å²) in [6.45, 7) is 5.62. The van der Waals surface area contributed by atoms with E-state index in [4.69, 9.17) is 4.98 Å². The van der Waals surface area contributed by atoms with Crippen LogP contribution in [0.25, 0.3) is 16.9 Å². The number of aromatic nitrogens is 2. The number of imidazole rings is 1. The van der Waals surface area contributed by atoms with Crippen LogP contribution in [0.1, 0.15) is 29.7 Å². The Morgan fingerprint density at radius 1 is 1.04 bits per heavy atom. The number of carbonyl (C=O) groups excluding carboxylic acids is 1. The summed E-state index contributed by atoms with van der Waals surface area (Å²) in [5.74, 6) is 0.243. The Labute approximate surface area is 141 Å². The van der Waals surface area contributed by atoms with Crippen LogP contribution in [0.4, 0.5) is 0 Å². The van der Waals surface area contributed by atoms with Crippen LogP contribution in [-0.4, -0.2) is 26.7 Å². The normalized spacial score (nSPS) is 14.8. The number of aryl methyl sites for hydroxylation is 2. The lowest BCUT2D eigenvalue weighted by molar-refractivity contribution is -0.128. The van der Waals surface area contributed by atoms with Gasteiger partial charge in [0, 0.05) is 24.7 Å². The average Bonchev–Trinajstić information content (AvgIpc) is 3.13. The van der Waals surface area contributed by atoms with E-state index in [-0.39, 0.29) is 5.91 Å². The quantitative estimate of drug-likeness (QED) is 0.737. The zero-order chi connectivity index (χ0) is 16.7. The molecule has 4 heteroatoms. The fourth-order valence-electron chi connectivity index (χ4n) is 3.35. The van der Waals surface area contributed by atoms with E-state index in [9.17, 15) is 4.79 Å². The van der Waals surface area contributed by atoms with Crippen molar-refractivity contribution >= 4 is 11.6 Å². The molecule has 0 bridgehead atoms. The van der Waals surface area contributed by atoms with Crippen LogP contribution in [0.5, 0.6) is 0 Å². The van der Waals surface area contributed by atoms with E-state index in [1.807, 2.05) is 11.0 Å². The Morgan fingerprint density at radius 2 is 1.79 bits per heavy atom. The molecule has 0 radical (unpaired) electrons. The van der Waals surface area contributed by atoms with Gasteiger partial charge in [-0.2, -0.15) is 0 Å². The number of amides is 1. The molecule has 1 saturated heterocycles. The summed E-state index contributed by atoms with van der Waals surface area (Å²) in [7, 11) is 0. The minimum atomic E-state index is 0.243. The number of rotatable bonds is 3. The van der Waals surface area contributed by atoms with Crippen molar-refractivity contribution in [1.29, 1.82) is 0 Å². The highest BCUT2D eigenvalue weighted by molar-refractivity contribution is 5.78. The van der Waals surface area contributed by atoms with Crippen LogP contribution >= 0.6 is 0 Å². The maximum atomic E-state index is 12.1. The maximum Gasteiger partial charge on any atom is 0.222 e. The summed E-state index contributed by atoms with van der Waals surface area (Å²) in [6, 6.07) is 12.6. The third-order valence-corrected chi connectivity index (χ3v) is 4.70. The highest BCUT2D eigenvalue weighted by Crippen LogP contribution is 2.27. The number of pyridine rings is 1. The van der Waals surface area contributed by atoms with Crippen molar-refractivity contribution in [3.8, 4) is 11.3 Å². The third kappa shape index (κ3) is 2.58. The fraction of sp³-hybridized carbons (Fsp3) is 0.300. The number of carbonyl (C=O) groups is 1. The van der Waals surface area contributed by atoms with Crippen molar-refractivity contribution in [3.05, 3.63) is 59.4 Å². The van der Waals surface area contributed by atoms with Crippen molar-refractivity contribution in [2.45, 2.75) is 33.2 Å². The first-order valence-electron chi connectivity index (χ1n) is 8.44. The molecule has 1 aromatic carbocycles. The van der Waals surface area contributed by atoms with E-state index in [1.54, 1.807) is 0 Å². The molecule has 0 saturated carbocycles. The summed E-state index contributed by atoms with van der Waals surface area (Å²) < 4.78 is 2.14. The number of hydrogen-bond donors (Lipinski definition) is 0. The van der Waals surface area contributed by atoms with Crippen molar-refractivity contribution in [3.63, 3.8) is 0 Å². The summed E-state index contributed by atoms with van der Waals surface area (Å²) in [4.78, 5) is 18.9. The van der Waals surface area contributed by atoms with Crippen LogP contribution in [-0.2, 0) is 11.3 Å². The van der Waals surface area contributed by atoms with Crippen molar-refractivity contribution in [2.24, 2.45) is 0 Å². The zero-order valence-electron chi connectivity index (χ0n) is 14.1. The van der Waals surface area contributed by atoms with E-state index in [0.29, 0.717) is 13.0 Å². The second kappa shape index (κ2) is 5.78. The molecule has 1 aliphatic rings. The SMILES string of the molecule is Cc1ccc(-c2nc3ccc(C)cn3c2CN2CCCC2=O)cc1. The van der Waals surface area contributed by atoms with Crippen LogP contribution in [0.15, 0.2) is 42.6 Å². The van der Waals surface area contributed by atoms with Crippen molar-refractivity contribution < 1.29 is 4.79 Å². The van der Waals surface area contributed by atoms with Gasteiger partial charge in [0.25, 0.3) is 0 Å². The van der Waals surface area contributed by atoms with Crippen LogP contribution in [0, 0.1) is 13.8 Å². The van der Waals surface area contributed by atoms with Gasteiger partial charge in [0.15, 0.2) is 0 Å². The van der Waals surface area contributed by atoms with Gasteiger partial charge in [0.2, 0.25) is 5.91 Å². The van der Waals surface area contributed by atoms with Gasteiger partial charge < -0.3 is 9.30 Å². The summed E-state index contributed by atoms with van der Waals surface area (Å²) >= 11 is 0. The van der Waals surface area contributed by atoms with Gasteiger partial charge in [0.1, 0.15) is 5.65 Å². The maximum absolute atomic E-state index is 12.1. The second-order valence-corrected chi connectivity index (χ2v) is 6.63. The molecule has 0 atom stereocenters. The van der Waals surface area contributed by atoms with E-state index >= 15 is 0 Å². The van der Waals surface area contributed by atoms with E-state index in [2.05, 4.69) is 54.8 Å². The number of nitrogens with zero attached hydrogens (tertiary/aromatic N) is 3. The number of fused-ring (bicyclic) bond motifs is 1. The minimum Gasteiger partial charge on any atom is -0.337 e. The highest BCUT2D eigenvalue weighted by Gasteiger charge is 2.24. The standard InChI is InChI=1S/C20H21N3O/c1-14-5-8-16(9-6-14)20-17(13-22-11-3-4-19(22)24)23-12-15(2)7-10-18(23)21-20/h5-10,12H,3-4,11,13H2,1-2H3. The van der Waals surface area contributed by atoms with Gasteiger partial charge in [0.05, 0.1) is 17.9 Å². The Bertz CT molecular complexity index is 909. The fourth-order valence-corrected chi connectivity index (χ4v) is 3.35. The number of hydrogen-bond acceptors (Lipinski definition) is 2. The highest BCUT2D eigenvalue weighted by atomic mass is 16.2. The molecule has 3 aromatic rings. The predicted octanol–water partition coefficient (Wildman–Crippen LogP) is 3.74. The summed E-state index contributed by atoms with van der Waals surface area (Å²) in [6.07, 6.45) is 3.72. The zero-order valence-corrected chi connectivity index (χ0v) is 14.1. The predicted molar refractivity (Wildman–Crippen MR) is 94.8 cm³/mol. The summed E-state index contributed by atoms with van der Waals surface area (Å²) in [5.41, 5.74) is 6.51. The van der Waals surface area contributed by atoms with Gasteiger partial charge in [-0.25, -0.2) is 4.98 Å². The number of benzene rings is 1. The Balaban J connectivity index is 1.86. The molecule has 1 aliphatic heterocycles. The molecule has 0 spiro atoms. The lowest BCUT2D eigenvalue weighted by Crippen LogP contribution is -2.25. The van der Waals surface area contributed by atoms with Gasteiger partial charge >= 0.3 is 0 Å². The molecule has 1 amide bonds. The molecule has 0 unspecified atom stereocenters. The van der Waals surface area contributed by atoms with E-state index < -0.39 is 0 Å². The van der Waals surface area contributed by atoms with Crippen LogP contribution in [0.2, 0.25) is 0 Å². The molecule has 4 rings (SSSR count). The average molecular weight is 319 g/mol. The molecule has 0 N–H and O–H groups in total. The van der Waals surface area contributed by atoms with E-state index in [0.717, 1.165) is 35.6 Å². The van der Waals surface area contributed by atoms with Crippen molar-refractivity contribution in [1.82, 2.24) is 14.3 Å². The van der Waals surface area contributed by atoms with Crippen LogP contribution < -0.4 is 0 Å². The Hall–Kier alpha value is -2.62.